The molecule has 7 heteroatoms. The molecule has 0 aromatic carbocycles. The van der Waals surface area contributed by atoms with Gasteiger partial charge in [0.05, 0.1) is 12.3 Å². The average molecular weight is 301 g/mol. The van der Waals surface area contributed by atoms with Gasteiger partial charge in [0.25, 0.3) is 0 Å². The summed E-state index contributed by atoms with van der Waals surface area (Å²) in [6, 6.07) is -0.0420. The third-order valence-electron chi connectivity index (χ3n) is 3.88. The second-order valence-electron chi connectivity index (χ2n) is 6.02. The first-order chi connectivity index (χ1) is 9.33. The van der Waals surface area contributed by atoms with Crippen LogP contribution in [-0.4, -0.2) is 29.8 Å². The molecule has 6 nitrogen and oxygen atoms in total. The third-order valence-corrected chi connectivity index (χ3v) is 5.60. The largest absolute Gasteiger partial charge is 0.390 e. The van der Waals surface area contributed by atoms with Gasteiger partial charge in [0.15, 0.2) is 0 Å². The molecule has 0 aliphatic heterocycles. The lowest BCUT2D eigenvalue weighted by molar-refractivity contribution is 0.257. The third kappa shape index (κ3) is 3.21. The summed E-state index contributed by atoms with van der Waals surface area (Å²) in [4.78, 5) is 0.0888. The van der Waals surface area contributed by atoms with Crippen molar-refractivity contribution in [3.63, 3.8) is 0 Å². The lowest BCUT2D eigenvalue weighted by Gasteiger charge is -2.31. The van der Waals surface area contributed by atoms with E-state index in [0.717, 1.165) is 19.3 Å². The van der Waals surface area contributed by atoms with Gasteiger partial charge in [-0.2, -0.15) is 5.10 Å². The number of aromatic nitrogens is 2. The van der Waals surface area contributed by atoms with Crippen LogP contribution in [0.1, 0.15) is 44.5 Å². The predicted molar refractivity (Wildman–Crippen MR) is 75.5 cm³/mol. The molecule has 1 aromatic heterocycles. The van der Waals surface area contributed by atoms with Crippen LogP contribution in [0.25, 0.3) is 0 Å². The second kappa shape index (κ2) is 5.83. The zero-order valence-corrected chi connectivity index (χ0v) is 13.0. The van der Waals surface area contributed by atoms with Crippen LogP contribution in [0.3, 0.4) is 0 Å². The fraction of sp³-hybridized carbons (Fsp3) is 0.769. The molecule has 2 atom stereocenters. The molecular formula is C13H23N3O3S. The van der Waals surface area contributed by atoms with Crippen LogP contribution in [0.2, 0.25) is 0 Å². The van der Waals surface area contributed by atoms with Gasteiger partial charge in [-0.05, 0) is 38.0 Å². The molecule has 0 radical (unpaired) electrons. The Kier molecular flexibility index (Phi) is 4.51. The van der Waals surface area contributed by atoms with Crippen LogP contribution < -0.4 is 4.72 Å². The first kappa shape index (κ1) is 15.5. The number of hydrogen-bond donors (Lipinski definition) is 3. The summed E-state index contributed by atoms with van der Waals surface area (Å²) in [5.41, 5.74) is 0.630. The van der Waals surface area contributed by atoms with Gasteiger partial charge >= 0.3 is 0 Å². The summed E-state index contributed by atoms with van der Waals surface area (Å²) in [5, 5.41) is 15.7. The molecular weight excluding hydrogens is 278 g/mol. The number of H-pyrrole nitrogens is 1. The number of nitrogens with one attached hydrogen (secondary N) is 2. The van der Waals surface area contributed by atoms with Crippen LogP contribution in [0.15, 0.2) is 4.90 Å². The van der Waals surface area contributed by atoms with E-state index in [4.69, 9.17) is 0 Å². The summed E-state index contributed by atoms with van der Waals surface area (Å²) in [6.45, 7) is 5.56. The molecule has 0 saturated heterocycles. The lowest BCUT2D eigenvalue weighted by Crippen LogP contribution is -2.40. The van der Waals surface area contributed by atoms with Gasteiger partial charge in [0.2, 0.25) is 10.0 Å². The summed E-state index contributed by atoms with van der Waals surface area (Å²) >= 11 is 0. The van der Waals surface area contributed by atoms with Crippen molar-refractivity contribution >= 4 is 10.0 Å². The maximum Gasteiger partial charge on any atom is 0.244 e. The Morgan fingerprint density at radius 1 is 1.30 bits per heavy atom. The van der Waals surface area contributed by atoms with Gasteiger partial charge < -0.3 is 5.11 Å². The zero-order chi connectivity index (χ0) is 14.9. The molecule has 1 saturated carbocycles. The number of aliphatic hydroxyl groups is 1. The van der Waals surface area contributed by atoms with E-state index in [1.807, 2.05) is 0 Å². The van der Waals surface area contributed by atoms with Crippen molar-refractivity contribution in [1.82, 2.24) is 14.9 Å². The van der Waals surface area contributed by atoms with Gasteiger partial charge in [-0.1, -0.05) is 13.8 Å². The molecule has 20 heavy (non-hydrogen) atoms. The average Bonchev–Trinajstić information content (AvgIpc) is 2.69. The van der Waals surface area contributed by atoms with Crippen molar-refractivity contribution in [2.45, 2.75) is 57.6 Å². The number of sulfonamides is 1. The Morgan fingerprint density at radius 3 is 2.45 bits per heavy atom. The first-order valence-corrected chi connectivity index (χ1v) is 8.48. The Hall–Kier alpha value is -0.920. The Morgan fingerprint density at radius 2 is 1.90 bits per heavy atom. The van der Waals surface area contributed by atoms with Crippen molar-refractivity contribution in [3.8, 4) is 0 Å². The normalized spacial score (nSPS) is 27.7. The highest BCUT2D eigenvalue weighted by molar-refractivity contribution is 7.89. The maximum absolute atomic E-state index is 12.5. The van der Waals surface area contributed by atoms with E-state index in [0.29, 0.717) is 17.5 Å². The first-order valence-electron chi connectivity index (χ1n) is 7.00. The molecule has 0 spiro atoms. The van der Waals surface area contributed by atoms with Gasteiger partial charge in [0, 0.05) is 6.04 Å². The van der Waals surface area contributed by atoms with E-state index in [2.05, 4.69) is 28.8 Å². The van der Waals surface area contributed by atoms with Crippen molar-refractivity contribution in [2.75, 3.05) is 0 Å². The Balaban J connectivity index is 2.21. The van der Waals surface area contributed by atoms with Gasteiger partial charge in [0.1, 0.15) is 10.6 Å². The van der Waals surface area contributed by atoms with E-state index < -0.39 is 16.6 Å². The summed E-state index contributed by atoms with van der Waals surface area (Å²) < 4.78 is 27.8. The summed E-state index contributed by atoms with van der Waals surface area (Å²) in [6.07, 6.45) is 2.86. The number of rotatable bonds is 4. The second-order valence-corrected chi connectivity index (χ2v) is 7.67. The fourth-order valence-electron chi connectivity index (χ4n) is 3.25. The summed E-state index contributed by atoms with van der Waals surface area (Å²) in [5.74, 6) is 1.04. The highest BCUT2D eigenvalue weighted by atomic mass is 32.2. The monoisotopic (exact) mass is 301 g/mol. The van der Waals surface area contributed by atoms with Gasteiger partial charge in [-0.3, -0.25) is 5.10 Å². The SMILES string of the molecule is Cc1[nH]nc(CO)c1S(=O)(=O)NC1CC(C)CC(C)C1. The van der Waals surface area contributed by atoms with Gasteiger partial charge in [-0.25, -0.2) is 13.1 Å². The number of hydrogen-bond acceptors (Lipinski definition) is 4. The van der Waals surface area contributed by atoms with E-state index in [1.54, 1.807) is 6.92 Å². The molecule has 2 rings (SSSR count). The molecule has 1 aromatic rings. The molecule has 1 fully saturated rings. The standard InChI is InChI=1S/C13H23N3O3S/c1-8-4-9(2)6-11(5-8)16-20(18,19)13-10(3)14-15-12(13)7-17/h8-9,11,16-17H,4-7H2,1-3H3,(H,14,15). The molecule has 114 valence electrons. The molecule has 1 aliphatic rings. The van der Waals surface area contributed by atoms with Crippen LogP contribution in [0.5, 0.6) is 0 Å². The van der Waals surface area contributed by atoms with E-state index in [9.17, 15) is 13.5 Å². The Bertz CT molecular complexity index is 557. The van der Waals surface area contributed by atoms with E-state index in [1.165, 1.54) is 0 Å². The van der Waals surface area contributed by atoms with Crippen molar-refractivity contribution in [1.29, 1.82) is 0 Å². The fourth-order valence-corrected chi connectivity index (χ4v) is 4.87. The summed E-state index contributed by atoms with van der Waals surface area (Å²) in [7, 11) is -3.64. The van der Waals surface area contributed by atoms with Crippen LogP contribution >= 0.6 is 0 Å². The van der Waals surface area contributed by atoms with Crippen LogP contribution in [-0.2, 0) is 16.6 Å². The maximum atomic E-state index is 12.5. The van der Waals surface area contributed by atoms with Crippen molar-refractivity contribution in [3.05, 3.63) is 11.4 Å². The number of aliphatic hydroxyl groups excluding tert-OH is 1. The molecule has 0 amide bonds. The highest BCUT2D eigenvalue weighted by Crippen LogP contribution is 2.30. The van der Waals surface area contributed by atoms with E-state index in [-0.39, 0.29) is 16.6 Å². The molecule has 0 bridgehead atoms. The van der Waals surface area contributed by atoms with E-state index >= 15 is 0 Å². The number of aromatic amines is 1. The molecule has 1 heterocycles. The minimum Gasteiger partial charge on any atom is -0.390 e. The Labute approximate surface area is 120 Å². The van der Waals surface area contributed by atoms with Crippen molar-refractivity contribution < 1.29 is 13.5 Å². The quantitative estimate of drug-likeness (QED) is 0.781. The minimum absolute atomic E-state index is 0.0420. The molecule has 1 aliphatic carbocycles. The lowest BCUT2D eigenvalue weighted by atomic mass is 9.81. The molecule has 3 N–H and O–H groups in total. The smallest absolute Gasteiger partial charge is 0.244 e. The predicted octanol–water partition coefficient (Wildman–Crippen LogP) is 1.31. The topological polar surface area (TPSA) is 95.1 Å². The van der Waals surface area contributed by atoms with Crippen LogP contribution in [0.4, 0.5) is 0 Å². The number of aryl methyl sites for hydroxylation is 1. The van der Waals surface area contributed by atoms with Crippen LogP contribution in [0, 0.1) is 18.8 Å². The molecule has 2 unspecified atom stereocenters. The zero-order valence-electron chi connectivity index (χ0n) is 12.2. The van der Waals surface area contributed by atoms with Crippen molar-refractivity contribution in [2.24, 2.45) is 11.8 Å². The highest BCUT2D eigenvalue weighted by Gasteiger charge is 2.30. The number of nitrogens with zero attached hydrogens (tertiary/aromatic N) is 1. The van der Waals surface area contributed by atoms with Gasteiger partial charge in [-0.15, -0.1) is 0 Å². The minimum atomic E-state index is -3.64.